The summed E-state index contributed by atoms with van der Waals surface area (Å²) in [6.45, 7) is 8.18. The van der Waals surface area contributed by atoms with E-state index in [1.807, 2.05) is 20.8 Å². The molecule has 0 radical (unpaired) electrons. The number of rotatable bonds is 37. The van der Waals surface area contributed by atoms with Gasteiger partial charge in [0.05, 0.1) is 0 Å². The van der Waals surface area contributed by atoms with E-state index in [2.05, 4.69) is 0 Å². The molecule has 0 fully saturated rings. The van der Waals surface area contributed by atoms with Gasteiger partial charge in [-0.05, 0) is 33.6 Å². The van der Waals surface area contributed by atoms with Crippen molar-refractivity contribution >= 4 is 20.4 Å². The van der Waals surface area contributed by atoms with Crippen LogP contribution in [0.15, 0.2) is 0 Å². The molecule has 0 saturated carbocycles. The Balaban J connectivity index is 3.24. The van der Waals surface area contributed by atoms with Crippen LogP contribution in [0, 0.1) is 0 Å². The summed E-state index contributed by atoms with van der Waals surface area (Å²) >= 11 is 5.73. The molecular formula is C37H77ClO3Si. The highest BCUT2D eigenvalue weighted by atomic mass is 35.5. The zero-order valence-electron chi connectivity index (χ0n) is 29.1. The van der Waals surface area contributed by atoms with E-state index in [9.17, 15) is 0 Å². The summed E-state index contributed by atoms with van der Waals surface area (Å²) < 4.78 is 17.9. The van der Waals surface area contributed by atoms with E-state index in [-0.39, 0.29) is 0 Å². The molecule has 0 bridgehead atoms. The fourth-order valence-electron chi connectivity index (χ4n) is 6.21. The highest BCUT2D eigenvalue weighted by Crippen LogP contribution is 2.21. The highest BCUT2D eigenvalue weighted by Gasteiger charge is 2.39. The van der Waals surface area contributed by atoms with Crippen LogP contribution in [0.25, 0.3) is 0 Å². The molecule has 0 N–H and O–H groups in total. The minimum absolute atomic E-state index is 0.685. The predicted molar refractivity (Wildman–Crippen MR) is 190 cm³/mol. The third kappa shape index (κ3) is 30.4. The van der Waals surface area contributed by atoms with Crippen molar-refractivity contribution in [1.29, 1.82) is 0 Å². The molecule has 0 aliphatic rings. The van der Waals surface area contributed by atoms with Gasteiger partial charge in [0, 0.05) is 31.7 Å². The molecule has 0 aliphatic heterocycles. The van der Waals surface area contributed by atoms with Gasteiger partial charge in [-0.2, -0.15) is 0 Å². The number of unbranched alkanes of at least 4 members (excludes halogenated alkanes) is 28. The van der Waals surface area contributed by atoms with Gasteiger partial charge in [-0.1, -0.05) is 173 Å². The molecule has 0 aliphatic carbocycles. The van der Waals surface area contributed by atoms with Crippen molar-refractivity contribution in [3.63, 3.8) is 0 Å². The molecule has 0 amide bonds. The Labute approximate surface area is 271 Å². The van der Waals surface area contributed by atoms with Gasteiger partial charge in [-0.15, -0.1) is 11.6 Å². The average molecular weight is 634 g/mol. The zero-order chi connectivity index (χ0) is 30.7. The topological polar surface area (TPSA) is 27.7 Å². The van der Waals surface area contributed by atoms with E-state index < -0.39 is 8.80 Å². The molecule has 3 nitrogen and oxygen atoms in total. The number of alkyl halides is 1. The molecule has 0 aromatic carbocycles. The van der Waals surface area contributed by atoms with E-state index in [1.165, 1.54) is 186 Å². The van der Waals surface area contributed by atoms with Gasteiger partial charge >= 0.3 is 8.80 Å². The van der Waals surface area contributed by atoms with Crippen LogP contribution in [0.3, 0.4) is 0 Å². The van der Waals surface area contributed by atoms with Crippen LogP contribution in [0.1, 0.15) is 207 Å². The second-order valence-corrected chi connectivity index (χ2v) is 15.8. The van der Waals surface area contributed by atoms with E-state index in [1.54, 1.807) is 0 Å². The fraction of sp³-hybridized carbons (Fsp3) is 1.00. The summed E-state index contributed by atoms with van der Waals surface area (Å²) in [5.41, 5.74) is 0. The fourth-order valence-corrected chi connectivity index (χ4v) is 9.08. The first-order valence-electron chi connectivity index (χ1n) is 19.2. The van der Waals surface area contributed by atoms with Crippen molar-refractivity contribution in [2.45, 2.75) is 213 Å². The van der Waals surface area contributed by atoms with Crippen LogP contribution in [0.2, 0.25) is 6.04 Å². The molecule has 0 rings (SSSR count). The van der Waals surface area contributed by atoms with Crippen molar-refractivity contribution < 1.29 is 13.3 Å². The van der Waals surface area contributed by atoms with Crippen LogP contribution in [-0.4, -0.2) is 34.5 Å². The average Bonchev–Trinajstić information content (AvgIpc) is 2.98. The van der Waals surface area contributed by atoms with Crippen molar-refractivity contribution in [2.75, 3.05) is 25.7 Å². The maximum atomic E-state index is 5.97. The predicted octanol–water partition coefficient (Wildman–Crippen LogP) is 13.6. The third-order valence-electron chi connectivity index (χ3n) is 8.71. The first kappa shape index (κ1) is 42.4. The Morgan fingerprint density at radius 1 is 0.310 bits per heavy atom. The molecule has 0 saturated heterocycles. The third-order valence-corrected chi connectivity index (χ3v) is 12.1. The Hall–Kier alpha value is 0.387. The summed E-state index contributed by atoms with van der Waals surface area (Å²) in [6.07, 6.45) is 41.1. The summed E-state index contributed by atoms with van der Waals surface area (Å²) in [7, 11) is -2.42. The van der Waals surface area contributed by atoms with E-state index in [0.717, 1.165) is 11.9 Å². The van der Waals surface area contributed by atoms with E-state index >= 15 is 0 Å². The number of halogens is 1. The summed E-state index contributed by atoms with van der Waals surface area (Å²) in [5, 5.41) is 0. The van der Waals surface area contributed by atoms with Crippen LogP contribution in [-0.2, 0) is 13.3 Å². The van der Waals surface area contributed by atoms with Gasteiger partial charge in [0.2, 0.25) is 0 Å². The molecule has 0 aromatic heterocycles. The van der Waals surface area contributed by atoms with Gasteiger partial charge < -0.3 is 13.3 Å². The molecule has 254 valence electrons. The standard InChI is InChI=1S/C37H77ClO3Si/c1-4-39-42(40-5-2,41-6-3)37-35-33-31-29-27-25-23-21-19-17-15-13-11-9-7-8-10-12-14-16-18-20-22-24-26-28-30-32-34-36-38/h4-37H2,1-3H3. The lowest BCUT2D eigenvalue weighted by molar-refractivity contribution is 0.0706. The lowest BCUT2D eigenvalue weighted by Gasteiger charge is -2.28. The van der Waals surface area contributed by atoms with Crippen LogP contribution in [0.5, 0.6) is 0 Å². The quantitative estimate of drug-likeness (QED) is 0.0387. The molecule has 0 spiro atoms. The Morgan fingerprint density at radius 2 is 0.500 bits per heavy atom. The minimum Gasteiger partial charge on any atom is -0.374 e. The number of hydrogen-bond donors (Lipinski definition) is 0. The largest absolute Gasteiger partial charge is 0.500 e. The van der Waals surface area contributed by atoms with Crippen molar-refractivity contribution in [3.05, 3.63) is 0 Å². The summed E-state index contributed by atoms with van der Waals surface area (Å²) in [6, 6.07) is 0.972. The van der Waals surface area contributed by atoms with Gasteiger partial charge in [0.1, 0.15) is 0 Å². The SMILES string of the molecule is CCO[Si](CCCCCCCCCCCCCCCCCCCCCCCCCCCCCCCCl)(OCC)OCC. The Bertz CT molecular complexity index is 477. The zero-order valence-corrected chi connectivity index (χ0v) is 30.9. The van der Waals surface area contributed by atoms with Crippen LogP contribution < -0.4 is 0 Å². The van der Waals surface area contributed by atoms with Gasteiger partial charge in [-0.3, -0.25) is 0 Å². The minimum atomic E-state index is -2.42. The molecule has 0 heterocycles. The van der Waals surface area contributed by atoms with Crippen LogP contribution >= 0.6 is 11.6 Å². The maximum Gasteiger partial charge on any atom is 0.500 e. The van der Waals surface area contributed by atoms with Gasteiger partial charge in [-0.25, -0.2) is 0 Å². The van der Waals surface area contributed by atoms with Crippen molar-refractivity contribution in [2.24, 2.45) is 0 Å². The smallest absolute Gasteiger partial charge is 0.374 e. The number of hydrogen-bond acceptors (Lipinski definition) is 3. The first-order chi connectivity index (χ1) is 20.7. The molecule has 0 atom stereocenters. The van der Waals surface area contributed by atoms with E-state index in [4.69, 9.17) is 24.9 Å². The molecular weight excluding hydrogens is 556 g/mol. The lowest BCUT2D eigenvalue weighted by atomic mass is 10.0. The van der Waals surface area contributed by atoms with Gasteiger partial charge in [0.15, 0.2) is 0 Å². The van der Waals surface area contributed by atoms with Crippen molar-refractivity contribution in [3.8, 4) is 0 Å². The Kier molecular flexibility index (Phi) is 36.2. The van der Waals surface area contributed by atoms with E-state index in [0.29, 0.717) is 19.8 Å². The summed E-state index contributed by atoms with van der Waals surface area (Å²) in [5.74, 6) is 0.841. The monoisotopic (exact) mass is 633 g/mol. The first-order valence-corrected chi connectivity index (χ1v) is 21.7. The second-order valence-electron chi connectivity index (χ2n) is 12.7. The highest BCUT2D eigenvalue weighted by molar-refractivity contribution is 6.60. The summed E-state index contributed by atoms with van der Waals surface area (Å²) in [4.78, 5) is 0. The van der Waals surface area contributed by atoms with Crippen molar-refractivity contribution in [1.82, 2.24) is 0 Å². The molecule has 0 aromatic rings. The maximum absolute atomic E-state index is 5.97. The van der Waals surface area contributed by atoms with Gasteiger partial charge in [0.25, 0.3) is 0 Å². The Morgan fingerprint density at radius 3 is 0.690 bits per heavy atom. The molecule has 42 heavy (non-hydrogen) atoms. The second kappa shape index (κ2) is 35.9. The molecule has 0 unspecified atom stereocenters. The van der Waals surface area contributed by atoms with Crippen LogP contribution in [0.4, 0.5) is 0 Å². The normalized spacial score (nSPS) is 12.0. The lowest BCUT2D eigenvalue weighted by Crippen LogP contribution is -2.45. The molecule has 5 heteroatoms.